The van der Waals surface area contributed by atoms with E-state index in [0.717, 1.165) is 5.69 Å². The average Bonchev–Trinajstić information content (AvgIpc) is 2.14. The van der Waals surface area contributed by atoms with Crippen LogP contribution in [0.2, 0.25) is 0 Å². The van der Waals surface area contributed by atoms with Crippen LogP contribution < -0.4 is 18.9 Å². The fourth-order valence-corrected chi connectivity index (χ4v) is 0.835. The summed E-state index contributed by atoms with van der Waals surface area (Å²) in [6, 6.07) is 1.59. The van der Waals surface area contributed by atoms with Gasteiger partial charge in [0.15, 0.2) is 0 Å². The van der Waals surface area contributed by atoms with Crippen LogP contribution in [0.1, 0.15) is 16.1 Å². The van der Waals surface area contributed by atoms with Gasteiger partial charge in [-0.15, -0.1) is 0 Å². The van der Waals surface area contributed by atoms with Gasteiger partial charge in [-0.25, -0.2) is 4.79 Å². The van der Waals surface area contributed by atoms with E-state index in [9.17, 15) is 4.79 Å². The molecule has 0 amide bonds. The number of carboxylic acids is 1. The summed E-state index contributed by atoms with van der Waals surface area (Å²) in [5.41, 5.74) is 1.16. The van der Waals surface area contributed by atoms with Crippen molar-refractivity contribution in [2.45, 2.75) is 6.92 Å². The van der Waals surface area contributed by atoms with Crippen molar-refractivity contribution in [1.29, 1.82) is 0 Å². The Morgan fingerprint density at radius 3 is 2.15 bits per heavy atom. The summed E-state index contributed by atoms with van der Waals surface area (Å²) in [5.74, 6) is -0.863. The average molecular weight is 181 g/mol. The van der Waals surface area contributed by atoms with Gasteiger partial charge in [0.25, 0.3) is 0 Å². The molecular weight excluding hydrogens is 169 g/mol. The molecule has 1 aromatic heterocycles. The summed E-state index contributed by atoms with van der Waals surface area (Å²) >= 11 is 0. The molecule has 0 spiro atoms. The fourth-order valence-electron chi connectivity index (χ4n) is 0.835. The quantitative estimate of drug-likeness (QED) is 0.468. The molecule has 0 bridgehead atoms. The van der Waals surface area contributed by atoms with Crippen LogP contribution in [0.25, 0.3) is 0 Å². The van der Waals surface area contributed by atoms with Crippen molar-refractivity contribution < 1.29 is 39.7 Å². The molecule has 0 aromatic carbocycles. The molecule has 1 aromatic rings. The topological polar surface area (TPSA) is 104 Å². The third kappa shape index (κ3) is 3.66. The van der Waals surface area contributed by atoms with Gasteiger partial charge in [0.1, 0.15) is 0 Å². The van der Waals surface area contributed by atoms with Crippen molar-refractivity contribution in [3.8, 4) is 0 Å². The second-order valence-corrected chi connectivity index (χ2v) is 2.23. The zero-order valence-electron chi connectivity index (χ0n) is 7.90. The second kappa shape index (κ2) is 6.75. The Bertz CT molecular complexity index is 271. The third-order valence-electron chi connectivity index (χ3n) is 1.61. The predicted molar refractivity (Wildman–Crippen MR) is 42.7 cm³/mol. The molecule has 0 fully saturated rings. The van der Waals surface area contributed by atoms with Crippen LogP contribution in [-0.4, -0.2) is 26.6 Å². The Balaban J connectivity index is -0.000000333. The van der Waals surface area contributed by atoms with Crippen molar-refractivity contribution >= 4 is 5.97 Å². The molecule has 0 saturated heterocycles. The Morgan fingerprint density at radius 2 is 2.00 bits per heavy atom. The molecule has 6 heteroatoms. The van der Waals surface area contributed by atoms with Crippen LogP contribution in [0.5, 0.6) is 0 Å². The summed E-state index contributed by atoms with van der Waals surface area (Å²) in [6.45, 7) is 1.78. The Morgan fingerprint density at radius 1 is 1.54 bits per heavy atom. The van der Waals surface area contributed by atoms with Crippen LogP contribution >= 0.6 is 0 Å². The van der Waals surface area contributed by atoms with Gasteiger partial charge in [0.05, 0.1) is 5.56 Å². The minimum atomic E-state index is -0.863. The summed E-state index contributed by atoms with van der Waals surface area (Å²) < 4.78 is 1.78. The van der Waals surface area contributed by atoms with E-state index in [1.807, 2.05) is 7.05 Å². The number of carboxylic acid groups (broad SMARTS) is 1. The molecule has 0 aliphatic rings. The normalized spacial score (nSPS) is 7.54. The van der Waals surface area contributed by atoms with Crippen molar-refractivity contribution in [2.75, 3.05) is 0 Å². The maximum Gasteiger partial charge on any atom is 1.00 e. The van der Waals surface area contributed by atoms with Gasteiger partial charge in [-0.3, -0.25) is 0 Å². The van der Waals surface area contributed by atoms with Crippen LogP contribution in [0.15, 0.2) is 12.3 Å². The fraction of sp³-hybridized carbons (Fsp3) is 0.286. The van der Waals surface area contributed by atoms with Crippen LogP contribution in [0.4, 0.5) is 0 Å². The van der Waals surface area contributed by atoms with E-state index in [2.05, 4.69) is 0 Å². The molecule has 1 rings (SSSR count). The first-order valence-corrected chi connectivity index (χ1v) is 2.98. The summed E-state index contributed by atoms with van der Waals surface area (Å²) in [6.07, 6.45) is 1.73. The first-order valence-electron chi connectivity index (χ1n) is 2.98. The van der Waals surface area contributed by atoms with Gasteiger partial charge in [0, 0.05) is 18.9 Å². The number of hydrogen-bond donors (Lipinski definition) is 1. The number of aromatic carboxylic acids is 1. The number of carbonyl (C=O) groups is 1. The minimum absolute atomic E-state index is 0. The van der Waals surface area contributed by atoms with Crippen molar-refractivity contribution in [3.05, 3.63) is 23.5 Å². The van der Waals surface area contributed by atoms with Gasteiger partial charge < -0.3 is 20.6 Å². The van der Waals surface area contributed by atoms with Gasteiger partial charge >= 0.3 is 24.8 Å². The molecule has 0 atom stereocenters. The van der Waals surface area contributed by atoms with Crippen molar-refractivity contribution in [2.24, 2.45) is 7.05 Å². The van der Waals surface area contributed by atoms with Crippen LogP contribution in [0.3, 0.4) is 0 Å². The summed E-state index contributed by atoms with van der Waals surface area (Å²) in [4.78, 5) is 10.4. The van der Waals surface area contributed by atoms with Gasteiger partial charge in [-0.1, -0.05) is 0 Å². The van der Waals surface area contributed by atoms with E-state index >= 15 is 0 Å². The molecule has 0 aliphatic heterocycles. The zero-order valence-corrected chi connectivity index (χ0v) is 7.90. The first kappa shape index (κ1) is 18.1. The van der Waals surface area contributed by atoms with E-state index in [4.69, 9.17) is 5.11 Å². The van der Waals surface area contributed by atoms with E-state index in [-0.39, 0.29) is 29.8 Å². The maximum absolute atomic E-state index is 10.4. The van der Waals surface area contributed by atoms with Gasteiger partial charge in [0.2, 0.25) is 0 Å². The molecule has 4 N–H and O–H groups in total. The largest absolute Gasteiger partial charge is 1.00 e. The molecular formula is C7H12LiNO4. The van der Waals surface area contributed by atoms with E-state index in [0.29, 0.717) is 5.56 Å². The molecule has 13 heavy (non-hydrogen) atoms. The van der Waals surface area contributed by atoms with E-state index in [1.54, 1.807) is 23.8 Å². The third-order valence-corrected chi connectivity index (χ3v) is 1.61. The molecule has 0 unspecified atom stereocenters. The predicted octanol–water partition coefficient (Wildman–Crippen LogP) is -2.97. The summed E-state index contributed by atoms with van der Waals surface area (Å²) in [7, 11) is 1.82. The van der Waals surface area contributed by atoms with Gasteiger partial charge in [-0.05, 0) is 13.0 Å². The number of aryl methyl sites for hydroxylation is 1. The minimum Gasteiger partial charge on any atom is -0.870 e. The number of aromatic nitrogens is 1. The van der Waals surface area contributed by atoms with Crippen LogP contribution in [-0.2, 0) is 7.05 Å². The Hall–Kier alpha value is -0.733. The van der Waals surface area contributed by atoms with Crippen LogP contribution in [0, 0.1) is 6.92 Å². The monoisotopic (exact) mass is 181 g/mol. The standard InChI is InChI=1S/C7H9NO2.Li.2H2O/c1-5-6(7(9)10)3-4-8(5)2;;;/h3-4H,1-2H3,(H,9,10);;2*1H2/q;+1;;/p-1. The smallest absolute Gasteiger partial charge is 0.870 e. The second-order valence-electron chi connectivity index (χ2n) is 2.23. The number of rotatable bonds is 1. The SMILES string of the molecule is Cc1c(C(=O)O)ccn1C.O.[Li+].[OH-]. The molecule has 5 nitrogen and oxygen atoms in total. The molecule has 70 valence electrons. The molecule has 0 saturated carbocycles. The number of hydrogen-bond acceptors (Lipinski definition) is 2. The Labute approximate surface area is 88.2 Å². The van der Waals surface area contributed by atoms with Crippen molar-refractivity contribution in [3.63, 3.8) is 0 Å². The summed E-state index contributed by atoms with van der Waals surface area (Å²) in [5, 5.41) is 8.57. The first-order chi connectivity index (χ1) is 4.63. The molecule has 0 radical (unpaired) electrons. The zero-order chi connectivity index (χ0) is 7.72. The Kier molecular flexibility index (Phi) is 9.41. The van der Waals surface area contributed by atoms with E-state index in [1.165, 1.54) is 0 Å². The molecule has 0 aliphatic carbocycles. The maximum atomic E-state index is 10.4. The molecule has 1 heterocycles. The van der Waals surface area contributed by atoms with E-state index < -0.39 is 5.97 Å². The van der Waals surface area contributed by atoms with Gasteiger partial charge in [-0.2, -0.15) is 0 Å². The van der Waals surface area contributed by atoms with Crippen molar-refractivity contribution in [1.82, 2.24) is 4.57 Å². The number of nitrogens with zero attached hydrogens (tertiary/aromatic N) is 1.